The molecule has 28 heavy (non-hydrogen) atoms. The van der Waals surface area contributed by atoms with Gasteiger partial charge < -0.3 is 10.6 Å². The first-order chi connectivity index (χ1) is 13.5. The molecule has 0 aliphatic rings. The average molecular weight is 376 g/mol. The maximum Gasteiger partial charge on any atom is 0.273 e. The molecule has 0 saturated heterocycles. The Morgan fingerprint density at radius 1 is 0.964 bits per heavy atom. The first-order valence-corrected chi connectivity index (χ1v) is 8.32. The molecule has 2 aromatic carbocycles. The van der Waals surface area contributed by atoms with Gasteiger partial charge in [-0.1, -0.05) is 12.1 Å². The molecule has 8 nitrogen and oxygen atoms in total. The Morgan fingerprint density at radius 2 is 1.64 bits per heavy atom. The maximum absolute atomic E-state index is 12.5. The average Bonchev–Trinajstić information content (AvgIpc) is 2.68. The van der Waals surface area contributed by atoms with Gasteiger partial charge >= 0.3 is 0 Å². The van der Waals surface area contributed by atoms with Crippen LogP contribution in [0.3, 0.4) is 0 Å². The molecule has 0 bridgehead atoms. The van der Waals surface area contributed by atoms with Gasteiger partial charge in [0, 0.05) is 41.0 Å². The van der Waals surface area contributed by atoms with Crippen molar-refractivity contribution in [3.05, 3.63) is 93.8 Å². The number of rotatable bonds is 5. The number of anilines is 2. The van der Waals surface area contributed by atoms with E-state index in [0.29, 0.717) is 16.9 Å². The van der Waals surface area contributed by atoms with Gasteiger partial charge in [0.15, 0.2) is 0 Å². The van der Waals surface area contributed by atoms with Gasteiger partial charge in [-0.2, -0.15) is 0 Å². The summed E-state index contributed by atoms with van der Waals surface area (Å²) >= 11 is 0. The summed E-state index contributed by atoms with van der Waals surface area (Å²) in [6, 6.07) is 14.2. The van der Waals surface area contributed by atoms with Gasteiger partial charge in [0.2, 0.25) is 0 Å². The SMILES string of the molecule is Cc1c(C(=O)Nc2cccc(NC(=O)c3cccnc3)c2)cccc1[N+](=O)[O-]. The number of aromatic nitrogens is 1. The van der Waals surface area contributed by atoms with Crippen LogP contribution in [0.5, 0.6) is 0 Å². The smallest absolute Gasteiger partial charge is 0.273 e. The minimum atomic E-state index is -0.527. The second-order valence-electron chi connectivity index (χ2n) is 5.94. The van der Waals surface area contributed by atoms with Crippen LogP contribution < -0.4 is 10.6 Å². The molecule has 3 aromatic rings. The Kier molecular flexibility index (Phi) is 5.40. The van der Waals surface area contributed by atoms with Gasteiger partial charge in [-0.25, -0.2) is 0 Å². The van der Waals surface area contributed by atoms with E-state index in [2.05, 4.69) is 15.6 Å². The number of pyridine rings is 1. The number of carbonyl (C=O) groups excluding carboxylic acids is 2. The van der Waals surface area contributed by atoms with Crippen LogP contribution in [-0.4, -0.2) is 21.7 Å². The molecule has 0 aliphatic carbocycles. The molecule has 0 fully saturated rings. The summed E-state index contributed by atoms with van der Waals surface area (Å²) in [5.41, 5.74) is 1.71. The highest BCUT2D eigenvalue weighted by atomic mass is 16.6. The topological polar surface area (TPSA) is 114 Å². The van der Waals surface area contributed by atoms with Crippen molar-refractivity contribution in [1.82, 2.24) is 4.98 Å². The maximum atomic E-state index is 12.5. The summed E-state index contributed by atoms with van der Waals surface area (Å²) < 4.78 is 0. The molecule has 2 N–H and O–H groups in total. The predicted molar refractivity (Wildman–Crippen MR) is 104 cm³/mol. The van der Waals surface area contributed by atoms with Gasteiger partial charge in [0.25, 0.3) is 17.5 Å². The zero-order valence-electron chi connectivity index (χ0n) is 14.9. The van der Waals surface area contributed by atoms with E-state index < -0.39 is 10.8 Å². The van der Waals surface area contributed by atoms with Crippen LogP contribution in [0.25, 0.3) is 0 Å². The summed E-state index contributed by atoms with van der Waals surface area (Å²) in [4.78, 5) is 39.2. The predicted octanol–water partition coefficient (Wildman–Crippen LogP) is 3.80. The lowest BCUT2D eigenvalue weighted by molar-refractivity contribution is -0.385. The van der Waals surface area contributed by atoms with Crippen LogP contribution in [0.4, 0.5) is 17.1 Å². The normalized spacial score (nSPS) is 10.2. The third-order valence-electron chi connectivity index (χ3n) is 4.05. The summed E-state index contributed by atoms with van der Waals surface area (Å²) in [5, 5.41) is 16.5. The van der Waals surface area contributed by atoms with Gasteiger partial charge in [0.05, 0.1) is 10.5 Å². The number of nitrogens with zero attached hydrogens (tertiary/aromatic N) is 2. The number of carbonyl (C=O) groups is 2. The molecule has 3 rings (SSSR count). The van der Waals surface area contributed by atoms with Gasteiger partial charge in [-0.05, 0) is 43.3 Å². The molecule has 0 spiro atoms. The second kappa shape index (κ2) is 8.09. The summed E-state index contributed by atoms with van der Waals surface area (Å²) in [6.45, 7) is 1.53. The van der Waals surface area contributed by atoms with E-state index in [1.165, 1.54) is 31.3 Å². The molecule has 1 heterocycles. The zero-order chi connectivity index (χ0) is 20.1. The number of hydrogen-bond acceptors (Lipinski definition) is 5. The molecule has 0 atom stereocenters. The van der Waals surface area contributed by atoms with Crippen molar-refractivity contribution >= 4 is 28.9 Å². The van der Waals surface area contributed by atoms with Crippen molar-refractivity contribution in [2.75, 3.05) is 10.6 Å². The highest BCUT2D eigenvalue weighted by Crippen LogP contribution is 2.23. The molecular formula is C20H16N4O4. The molecule has 0 radical (unpaired) electrons. The fourth-order valence-electron chi connectivity index (χ4n) is 2.64. The second-order valence-corrected chi connectivity index (χ2v) is 5.94. The van der Waals surface area contributed by atoms with E-state index in [0.717, 1.165) is 0 Å². The van der Waals surface area contributed by atoms with Crippen molar-refractivity contribution in [2.45, 2.75) is 6.92 Å². The van der Waals surface area contributed by atoms with E-state index in [9.17, 15) is 19.7 Å². The van der Waals surface area contributed by atoms with Crippen LogP contribution >= 0.6 is 0 Å². The largest absolute Gasteiger partial charge is 0.322 e. The molecule has 1 aromatic heterocycles. The molecular weight excluding hydrogens is 360 g/mol. The van der Waals surface area contributed by atoms with Crippen molar-refractivity contribution in [2.24, 2.45) is 0 Å². The number of amides is 2. The monoisotopic (exact) mass is 376 g/mol. The zero-order valence-corrected chi connectivity index (χ0v) is 14.9. The van der Waals surface area contributed by atoms with E-state index in [-0.39, 0.29) is 22.7 Å². The number of nitro benzene ring substituents is 1. The first-order valence-electron chi connectivity index (χ1n) is 8.32. The van der Waals surface area contributed by atoms with Crippen LogP contribution in [-0.2, 0) is 0 Å². The quantitative estimate of drug-likeness (QED) is 0.519. The summed E-state index contributed by atoms with van der Waals surface area (Å²) in [6.07, 6.45) is 3.02. The van der Waals surface area contributed by atoms with E-state index in [4.69, 9.17) is 0 Å². The molecule has 0 unspecified atom stereocenters. The molecule has 140 valence electrons. The van der Waals surface area contributed by atoms with Crippen molar-refractivity contribution < 1.29 is 14.5 Å². The summed E-state index contributed by atoms with van der Waals surface area (Å²) in [5.74, 6) is -0.803. The van der Waals surface area contributed by atoms with Crippen molar-refractivity contribution in [3.63, 3.8) is 0 Å². The van der Waals surface area contributed by atoms with Crippen LogP contribution in [0.15, 0.2) is 67.0 Å². The number of hydrogen-bond donors (Lipinski definition) is 2. The number of nitro groups is 1. The van der Waals surface area contributed by atoms with E-state index in [1.54, 1.807) is 42.6 Å². The lowest BCUT2D eigenvalue weighted by Gasteiger charge is -2.10. The number of benzene rings is 2. The van der Waals surface area contributed by atoms with Crippen LogP contribution in [0, 0.1) is 17.0 Å². The van der Waals surface area contributed by atoms with Crippen LogP contribution in [0.1, 0.15) is 26.3 Å². The lowest BCUT2D eigenvalue weighted by Crippen LogP contribution is -2.15. The molecule has 0 saturated carbocycles. The number of nitrogens with one attached hydrogen (secondary N) is 2. The molecule has 8 heteroatoms. The lowest BCUT2D eigenvalue weighted by atomic mass is 10.1. The fourth-order valence-corrected chi connectivity index (χ4v) is 2.64. The Balaban J connectivity index is 1.76. The van der Waals surface area contributed by atoms with Crippen molar-refractivity contribution in [1.29, 1.82) is 0 Å². The van der Waals surface area contributed by atoms with E-state index >= 15 is 0 Å². The Labute approximate surface area is 160 Å². The standard InChI is InChI=1S/C20H16N4O4/c1-13-17(8-3-9-18(13)24(27)28)20(26)23-16-7-2-6-15(11-16)22-19(25)14-5-4-10-21-12-14/h2-12H,1H3,(H,22,25)(H,23,26). The highest BCUT2D eigenvalue weighted by Gasteiger charge is 2.18. The van der Waals surface area contributed by atoms with Gasteiger partial charge in [-0.15, -0.1) is 0 Å². The third-order valence-corrected chi connectivity index (χ3v) is 4.05. The van der Waals surface area contributed by atoms with Gasteiger partial charge in [0.1, 0.15) is 0 Å². The molecule has 0 aliphatic heterocycles. The minimum absolute atomic E-state index is 0.120. The summed E-state index contributed by atoms with van der Waals surface area (Å²) in [7, 11) is 0. The van der Waals surface area contributed by atoms with E-state index in [1.807, 2.05) is 0 Å². The van der Waals surface area contributed by atoms with Crippen LogP contribution in [0.2, 0.25) is 0 Å². The Morgan fingerprint density at radius 3 is 2.29 bits per heavy atom. The van der Waals surface area contributed by atoms with Crippen molar-refractivity contribution in [3.8, 4) is 0 Å². The minimum Gasteiger partial charge on any atom is -0.322 e. The third kappa shape index (κ3) is 4.18. The Hall–Kier alpha value is -4.07. The first kappa shape index (κ1) is 18.7. The highest BCUT2D eigenvalue weighted by molar-refractivity contribution is 6.07. The Bertz CT molecular complexity index is 1050. The molecule has 2 amide bonds. The fraction of sp³-hybridized carbons (Fsp3) is 0.0500. The van der Waals surface area contributed by atoms with Gasteiger partial charge in [-0.3, -0.25) is 24.7 Å².